The number of hydrogen-bond acceptors (Lipinski definition) is 9. The molecule has 10 nitrogen and oxygen atoms in total. The lowest BCUT2D eigenvalue weighted by Crippen LogP contribution is -2.60. The first-order valence-corrected chi connectivity index (χ1v) is 20.5. The van der Waals surface area contributed by atoms with Gasteiger partial charge in [-0.05, 0) is 38.5 Å². The van der Waals surface area contributed by atoms with E-state index in [1.807, 2.05) is 0 Å². The maximum absolute atomic E-state index is 13.0. The standard InChI is InChI=1S/C40H77NO9/c1-3-5-7-9-11-13-15-16-17-19-21-23-25-27-29-34(44)39(48)41-32(31-49-40-38(47)37(46)36(45)35(30-42)50-40)33(43)28-26-24-22-20-18-14-12-10-8-6-4-2/h13,15,32-38,40,42-47H,3-12,14,16-31H2,1-2H3,(H,41,48)/b15-13-. The number of aliphatic hydroxyl groups is 6. The molecule has 0 aliphatic carbocycles. The lowest BCUT2D eigenvalue weighted by molar-refractivity contribution is -0.302. The Hall–Kier alpha value is -1.11. The number of carbonyl (C=O) groups is 1. The van der Waals surface area contributed by atoms with Crippen LogP contribution in [0, 0.1) is 0 Å². The molecule has 8 unspecified atom stereocenters. The van der Waals surface area contributed by atoms with E-state index in [0.29, 0.717) is 12.8 Å². The fourth-order valence-electron chi connectivity index (χ4n) is 6.51. The molecule has 10 heteroatoms. The Balaban J connectivity index is 2.46. The van der Waals surface area contributed by atoms with Gasteiger partial charge in [0.25, 0.3) is 0 Å². The number of amides is 1. The van der Waals surface area contributed by atoms with Crippen LogP contribution in [0.25, 0.3) is 0 Å². The maximum atomic E-state index is 13.0. The highest BCUT2D eigenvalue weighted by molar-refractivity contribution is 5.80. The molecule has 1 fully saturated rings. The monoisotopic (exact) mass is 716 g/mol. The lowest BCUT2D eigenvalue weighted by Gasteiger charge is -2.40. The van der Waals surface area contributed by atoms with E-state index in [1.165, 1.54) is 89.9 Å². The van der Waals surface area contributed by atoms with Crippen molar-refractivity contribution in [2.24, 2.45) is 0 Å². The van der Waals surface area contributed by atoms with Crippen LogP contribution in [-0.2, 0) is 14.3 Å². The molecule has 0 aromatic rings. The number of rotatable bonds is 33. The summed E-state index contributed by atoms with van der Waals surface area (Å²) in [6, 6.07) is -0.891. The Morgan fingerprint density at radius 3 is 1.64 bits per heavy atom. The van der Waals surface area contributed by atoms with Crippen molar-refractivity contribution < 1.29 is 44.9 Å². The van der Waals surface area contributed by atoms with Gasteiger partial charge in [0.1, 0.15) is 30.5 Å². The molecule has 0 radical (unpaired) electrons. The van der Waals surface area contributed by atoms with Crippen LogP contribution < -0.4 is 5.32 Å². The molecule has 1 saturated heterocycles. The fourth-order valence-corrected chi connectivity index (χ4v) is 6.51. The van der Waals surface area contributed by atoms with Crippen molar-refractivity contribution >= 4 is 5.91 Å². The van der Waals surface area contributed by atoms with E-state index in [1.54, 1.807) is 0 Å². The molecule has 1 amide bonds. The number of aliphatic hydroxyl groups excluding tert-OH is 6. The van der Waals surface area contributed by atoms with Gasteiger partial charge in [-0.25, -0.2) is 0 Å². The maximum Gasteiger partial charge on any atom is 0.249 e. The van der Waals surface area contributed by atoms with Crippen molar-refractivity contribution in [3.05, 3.63) is 12.2 Å². The Kier molecular flexibility index (Phi) is 29.5. The van der Waals surface area contributed by atoms with Gasteiger partial charge in [-0.1, -0.05) is 148 Å². The van der Waals surface area contributed by atoms with Crippen LogP contribution in [0.15, 0.2) is 12.2 Å². The van der Waals surface area contributed by atoms with Crippen molar-refractivity contribution in [1.82, 2.24) is 5.32 Å². The minimum Gasteiger partial charge on any atom is -0.394 e. The zero-order valence-electron chi connectivity index (χ0n) is 31.8. The molecule has 8 atom stereocenters. The highest BCUT2D eigenvalue weighted by Gasteiger charge is 2.44. The van der Waals surface area contributed by atoms with Crippen molar-refractivity contribution in [2.75, 3.05) is 13.2 Å². The van der Waals surface area contributed by atoms with Gasteiger partial charge in [0.15, 0.2) is 6.29 Å². The van der Waals surface area contributed by atoms with E-state index >= 15 is 0 Å². The highest BCUT2D eigenvalue weighted by atomic mass is 16.7. The second-order valence-electron chi connectivity index (χ2n) is 14.6. The summed E-state index contributed by atoms with van der Waals surface area (Å²) in [5, 5.41) is 64.5. The van der Waals surface area contributed by atoms with Gasteiger partial charge in [0.05, 0.1) is 25.4 Å². The average Bonchev–Trinajstić information content (AvgIpc) is 3.11. The molecule has 0 spiro atoms. The van der Waals surface area contributed by atoms with Crippen molar-refractivity contribution in [3.8, 4) is 0 Å². The number of carbonyl (C=O) groups excluding carboxylic acids is 1. The number of unbranched alkanes of at least 4 members (excludes halogenated alkanes) is 20. The van der Waals surface area contributed by atoms with E-state index < -0.39 is 61.5 Å². The third-order valence-electron chi connectivity index (χ3n) is 9.98. The first kappa shape index (κ1) is 46.9. The number of allylic oxidation sites excluding steroid dienone is 2. The zero-order chi connectivity index (χ0) is 36.8. The molecule has 50 heavy (non-hydrogen) atoms. The van der Waals surface area contributed by atoms with Gasteiger partial charge in [-0.2, -0.15) is 0 Å². The summed E-state index contributed by atoms with van der Waals surface area (Å²) in [6.07, 6.45) is 22.6. The van der Waals surface area contributed by atoms with Crippen LogP contribution in [0.1, 0.15) is 174 Å². The van der Waals surface area contributed by atoms with E-state index in [9.17, 15) is 35.4 Å². The van der Waals surface area contributed by atoms with Gasteiger partial charge in [-0.3, -0.25) is 4.79 Å². The Bertz CT molecular complexity index is 814. The molecule has 0 aromatic heterocycles. The third-order valence-corrected chi connectivity index (χ3v) is 9.98. The Morgan fingerprint density at radius 1 is 0.660 bits per heavy atom. The van der Waals surface area contributed by atoms with Crippen molar-refractivity contribution in [2.45, 2.75) is 223 Å². The van der Waals surface area contributed by atoms with Crippen molar-refractivity contribution in [3.63, 3.8) is 0 Å². The van der Waals surface area contributed by atoms with Gasteiger partial charge in [0.2, 0.25) is 5.91 Å². The highest BCUT2D eigenvalue weighted by Crippen LogP contribution is 2.23. The van der Waals surface area contributed by atoms with E-state index in [2.05, 4.69) is 31.3 Å². The van der Waals surface area contributed by atoms with E-state index in [0.717, 1.165) is 57.8 Å². The normalized spacial score (nSPS) is 22.9. The second kappa shape index (κ2) is 31.4. The van der Waals surface area contributed by atoms with Crippen LogP contribution in [0.3, 0.4) is 0 Å². The number of hydrogen-bond donors (Lipinski definition) is 7. The summed E-state index contributed by atoms with van der Waals surface area (Å²) in [5.41, 5.74) is 0. The molecule has 1 aliphatic rings. The molecule has 1 rings (SSSR count). The van der Waals surface area contributed by atoms with Crippen LogP contribution in [0.5, 0.6) is 0 Å². The second-order valence-corrected chi connectivity index (χ2v) is 14.6. The summed E-state index contributed by atoms with van der Waals surface area (Å²) >= 11 is 0. The van der Waals surface area contributed by atoms with Crippen LogP contribution in [0.2, 0.25) is 0 Å². The molecule has 1 aliphatic heterocycles. The molecule has 0 aromatic carbocycles. The fraction of sp³-hybridized carbons (Fsp3) is 0.925. The summed E-state index contributed by atoms with van der Waals surface area (Å²) in [6.45, 7) is 3.61. The molecule has 0 saturated carbocycles. The molecule has 1 heterocycles. The molecule has 296 valence electrons. The number of ether oxygens (including phenoxy) is 2. The van der Waals surface area contributed by atoms with E-state index in [4.69, 9.17) is 9.47 Å². The zero-order valence-corrected chi connectivity index (χ0v) is 31.8. The van der Waals surface area contributed by atoms with Crippen LogP contribution >= 0.6 is 0 Å². The molecule has 7 N–H and O–H groups in total. The SMILES string of the molecule is CCCCCC/C=C\CCCCCCCCC(O)C(=O)NC(COC1OC(CO)C(O)C(O)C1O)C(O)CCCCCCCCCCCCC. The topological polar surface area (TPSA) is 169 Å². The van der Waals surface area contributed by atoms with E-state index in [-0.39, 0.29) is 6.61 Å². The third kappa shape index (κ3) is 22.1. The number of nitrogens with one attached hydrogen (secondary N) is 1. The summed E-state index contributed by atoms with van der Waals surface area (Å²) in [5.74, 6) is -0.591. The molecule has 0 bridgehead atoms. The van der Waals surface area contributed by atoms with Gasteiger partial charge < -0.3 is 45.4 Å². The predicted molar refractivity (Wildman–Crippen MR) is 200 cm³/mol. The predicted octanol–water partition coefficient (Wildman–Crippen LogP) is 6.36. The minimum atomic E-state index is -1.59. The van der Waals surface area contributed by atoms with Crippen LogP contribution in [-0.4, -0.2) is 98.7 Å². The minimum absolute atomic E-state index is 0.256. The largest absolute Gasteiger partial charge is 0.394 e. The van der Waals surface area contributed by atoms with Crippen molar-refractivity contribution in [1.29, 1.82) is 0 Å². The lowest BCUT2D eigenvalue weighted by atomic mass is 9.99. The van der Waals surface area contributed by atoms with Gasteiger partial charge >= 0.3 is 0 Å². The van der Waals surface area contributed by atoms with Gasteiger partial charge in [0, 0.05) is 0 Å². The smallest absolute Gasteiger partial charge is 0.249 e. The Labute approximate surface area is 304 Å². The molecular weight excluding hydrogens is 638 g/mol. The van der Waals surface area contributed by atoms with Gasteiger partial charge in [-0.15, -0.1) is 0 Å². The summed E-state index contributed by atoms with van der Waals surface area (Å²) in [4.78, 5) is 13.0. The summed E-state index contributed by atoms with van der Waals surface area (Å²) < 4.78 is 11.1. The first-order chi connectivity index (χ1) is 24.3. The Morgan fingerprint density at radius 2 is 1.12 bits per heavy atom. The average molecular weight is 716 g/mol. The summed E-state index contributed by atoms with van der Waals surface area (Å²) in [7, 11) is 0. The first-order valence-electron chi connectivity index (χ1n) is 20.5. The van der Waals surface area contributed by atoms with Crippen LogP contribution in [0.4, 0.5) is 0 Å². The quantitative estimate of drug-likeness (QED) is 0.0302. The molecular formula is C40H77NO9.